The van der Waals surface area contributed by atoms with Gasteiger partial charge in [0.05, 0.1) is 26.8 Å². The van der Waals surface area contributed by atoms with Gasteiger partial charge in [0, 0.05) is 32.3 Å². The van der Waals surface area contributed by atoms with E-state index in [2.05, 4.69) is 4.90 Å². The molecule has 0 bridgehead atoms. The molecule has 0 spiro atoms. The molecule has 1 aliphatic rings. The molecule has 0 aromatic heterocycles. The first-order valence-corrected chi connectivity index (χ1v) is 8.78. The first-order chi connectivity index (χ1) is 11.3. The summed E-state index contributed by atoms with van der Waals surface area (Å²) in [5.41, 5.74) is 0.531. The van der Waals surface area contributed by atoms with Crippen LogP contribution in [0.1, 0.15) is 19.8 Å². The van der Waals surface area contributed by atoms with Crippen molar-refractivity contribution in [3.8, 4) is 0 Å². The van der Waals surface area contributed by atoms with Crippen LogP contribution >= 0.6 is 23.2 Å². The van der Waals surface area contributed by atoms with E-state index in [-0.39, 0.29) is 11.8 Å². The number of anilines is 1. The molecule has 0 aliphatic carbocycles. The Hall–Kier alpha value is -1.08. The van der Waals surface area contributed by atoms with Gasteiger partial charge in [-0.3, -0.25) is 10.1 Å². The van der Waals surface area contributed by atoms with Gasteiger partial charge in [0.15, 0.2) is 0 Å². The molecule has 2 rings (SSSR count). The van der Waals surface area contributed by atoms with Crippen molar-refractivity contribution in [2.75, 3.05) is 38.1 Å². The summed E-state index contributed by atoms with van der Waals surface area (Å²) in [5, 5.41) is 20.9. The van der Waals surface area contributed by atoms with Gasteiger partial charge >= 0.3 is 0 Å². The molecule has 1 atom stereocenters. The number of hydrogen-bond acceptors (Lipinski definition) is 5. The lowest BCUT2D eigenvalue weighted by Crippen LogP contribution is -2.40. The predicted octanol–water partition coefficient (Wildman–Crippen LogP) is 3.43. The number of aliphatic hydroxyl groups is 1. The predicted molar refractivity (Wildman–Crippen MR) is 97.2 cm³/mol. The Morgan fingerprint density at radius 1 is 1.38 bits per heavy atom. The van der Waals surface area contributed by atoms with E-state index >= 15 is 0 Å². The lowest BCUT2D eigenvalue weighted by atomic mass is 9.96. The number of nitro benzene ring substituents is 1. The van der Waals surface area contributed by atoms with E-state index in [9.17, 15) is 15.2 Å². The van der Waals surface area contributed by atoms with Crippen molar-refractivity contribution in [3.05, 3.63) is 32.3 Å². The number of benzene rings is 1. The smallest absolute Gasteiger partial charge is 0.272 e. The van der Waals surface area contributed by atoms with Crippen LogP contribution < -0.4 is 4.90 Å². The average molecular weight is 376 g/mol. The summed E-state index contributed by atoms with van der Waals surface area (Å²) in [7, 11) is 1.90. The Kier molecular flexibility index (Phi) is 6.69. The van der Waals surface area contributed by atoms with E-state index < -0.39 is 4.92 Å². The largest absolute Gasteiger partial charge is 0.392 e. The maximum absolute atomic E-state index is 10.9. The Morgan fingerprint density at radius 3 is 2.38 bits per heavy atom. The third kappa shape index (κ3) is 4.96. The monoisotopic (exact) mass is 375 g/mol. The molecule has 1 aromatic carbocycles. The summed E-state index contributed by atoms with van der Waals surface area (Å²) in [6.07, 6.45) is 1.78. The van der Waals surface area contributed by atoms with Crippen LogP contribution in [0, 0.1) is 16.0 Å². The fraction of sp³-hybridized carbons (Fsp3) is 0.625. The maximum atomic E-state index is 10.9. The fourth-order valence-electron chi connectivity index (χ4n) is 3.23. The van der Waals surface area contributed by atoms with Crippen molar-refractivity contribution in [1.82, 2.24) is 4.90 Å². The normalized spacial score (nSPS) is 17.7. The van der Waals surface area contributed by atoms with Crippen LogP contribution in [-0.4, -0.2) is 54.3 Å². The van der Waals surface area contributed by atoms with Crippen LogP contribution in [0.25, 0.3) is 0 Å². The molecular weight excluding hydrogens is 353 g/mol. The molecule has 1 aliphatic heterocycles. The maximum Gasteiger partial charge on any atom is 0.272 e. The van der Waals surface area contributed by atoms with Gasteiger partial charge in [-0.15, -0.1) is 0 Å². The molecule has 1 fully saturated rings. The number of β-amino-alcohol motifs (C(OH)–C–C–N with tert-alkyl or cyclic N) is 1. The summed E-state index contributed by atoms with van der Waals surface area (Å²) < 4.78 is 0. The quantitative estimate of drug-likeness (QED) is 0.609. The van der Waals surface area contributed by atoms with Crippen molar-refractivity contribution in [2.45, 2.75) is 25.9 Å². The molecule has 0 amide bonds. The fourth-order valence-corrected chi connectivity index (χ4v) is 3.99. The number of aliphatic hydroxyl groups excluding tert-OH is 1. The molecule has 24 heavy (non-hydrogen) atoms. The zero-order valence-corrected chi connectivity index (χ0v) is 15.4. The van der Waals surface area contributed by atoms with Crippen LogP contribution in [0.3, 0.4) is 0 Å². The molecule has 1 N–H and O–H groups in total. The minimum absolute atomic E-state index is 0.103. The lowest BCUT2D eigenvalue weighted by Gasteiger charge is -2.35. The number of halogens is 2. The second-order valence-electron chi connectivity index (χ2n) is 6.49. The Balaban J connectivity index is 1.98. The van der Waals surface area contributed by atoms with E-state index in [4.69, 9.17) is 23.2 Å². The SMILES string of the molecule is CC(O)CN1CCC(CN(C)c2c(Cl)cc([N+](=O)[O-])cc2Cl)CC1. The third-order valence-electron chi connectivity index (χ3n) is 4.36. The van der Waals surface area contributed by atoms with E-state index in [1.165, 1.54) is 12.1 Å². The number of piperidine rings is 1. The number of hydrogen-bond donors (Lipinski definition) is 1. The van der Waals surface area contributed by atoms with Gasteiger partial charge in [-0.25, -0.2) is 0 Å². The van der Waals surface area contributed by atoms with E-state index in [0.29, 0.717) is 28.2 Å². The van der Waals surface area contributed by atoms with Crippen LogP contribution in [0.5, 0.6) is 0 Å². The molecule has 1 unspecified atom stereocenters. The summed E-state index contributed by atoms with van der Waals surface area (Å²) in [6, 6.07) is 2.68. The van der Waals surface area contributed by atoms with Crippen molar-refractivity contribution in [1.29, 1.82) is 0 Å². The highest BCUT2D eigenvalue weighted by Gasteiger charge is 2.23. The van der Waals surface area contributed by atoms with Crippen molar-refractivity contribution >= 4 is 34.6 Å². The van der Waals surface area contributed by atoms with Gasteiger partial charge in [0.2, 0.25) is 0 Å². The molecular formula is C16H23Cl2N3O3. The minimum atomic E-state index is -0.501. The number of likely N-dealkylation sites (tertiary alicyclic amines) is 1. The summed E-state index contributed by atoms with van der Waals surface area (Å²) in [5.74, 6) is 0.502. The molecule has 1 aromatic rings. The molecule has 0 saturated carbocycles. The summed E-state index contributed by atoms with van der Waals surface area (Å²) in [4.78, 5) is 14.6. The zero-order chi connectivity index (χ0) is 17.9. The van der Waals surface area contributed by atoms with Gasteiger partial charge in [-0.05, 0) is 38.8 Å². The summed E-state index contributed by atoms with van der Waals surface area (Å²) in [6.45, 7) is 5.23. The first-order valence-electron chi connectivity index (χ1n) is 8.03. The van der Waals surface area contributed by atoms with Crippen LogP contribution in [0.15, 0.2) is 12.1 Å². The van der Waals surface area contributed by atoms with Crippen LogP contribution in [-0.2, 0) is 0 Å². The van der Waals surface area contributed by atoms with E-state index in [1.807, 2.05) is 11.9 Å². The topological polar surface area (TPSA) is 69.8 Å². The highest BCUT2D eigenvalue weighted by molar-refractivity contribution is 6.39. The van der Waals surface area contributed by atoms with Gasteiger partial charge in [0.25, 0.3) is 5.69 Å². The lowest BCUT2D eigenvalue weighted by molar-refractivity contribution is -0.384. The number of rotatable bonds is 6. The number of nitro groups is 1. The van der Waals surface area contributed by atoms with Crippen LogP contribution in [0.2, 0.25) is 10.0 Å². The second kappa shape index (κ2) is 8.34. The number of non-ortho nitro benzene ring substituents is 1. The van der Waals surface area contributed by atoms with Crippen LogP contribution in [0.4, 0.5) is 11.4 Å². The Morgan fingerprint density at radius 2 is 1.92 bits per heavy atom. The zero-order valence-electron chi connectivity index (χ0n) is 13.9. The molecule has 1 saturated heterocycles. The first kappa shape index (κ1) is 19.2. The molecule has 1 heterocycles. The molecule has 6 nitrogen and oxygen atoms in total. The molecule has 8 heteroatoms. The standard InChI is InChI=1S/C16H23Cl2N3O3/c1-11(22)9-20-5-3-12(4-6-20)10-19(2)16-14(17)7-13(21(23)24)8-15(16)18/h7-8,11-12,22H,3-6,9-10H2,1-2H3. The average Bonchev–Trinajstić information content (AvgIpc) is 2.47. The third-order valence-corrected chi connectivity index (χ3v) is 4.93. The van der Waals surface area contributed by atoms with Gasteiger partial charge in [-0.2, -0.15) is 0 Å². The van der Waals surface area contributed by atoms with Gasteiger partial charge in [0.1, 0.15) is 0 Å². The highest BCUT2D eigenvalue weighted by atomic mass is 35.5. The van der Waals surface area contributed by atoms with Crippen molar-refractivity contribution < 1.29 is 10.0 Å². The minimum Gasteiger partial charge on any atom is -0.392 e. The second-order valence-corrected chi connectivity index (χ2v) is 7.30. The van der Waals surface area contributed by atoms with Crippen molar-refractivity contribution in [3.63, 3.8) is 0 Å². The van der Waals surface area contributed by atoms with E-state index in [1.54, 1.807) is 6.92 Å². The molecule has 0 radical (unpaired) electrons. The summed E-state index contributed by atoms with van der Waals surface area (Å²) >= 11 is 12.4. The van der Waals surface area contributed by atoms with E-state index in [0.717, 1.165) is 32.5 Å². The Labute approximate surface area is 152 Å². The van der Waals surface area contributed by atoms with Gasteiger partial charge < -0.3 is 14.9 Å². The van der Waals surface area contributed by atoms with Crippen molar-refractivity contribution in [2.24, 2.45) is 5.92 Å². The van der Waals surface area contributed by atoms with Gasteiger partial charge in [-0.1, -0.05) is 23.2 Å². The Bertz CT molecular complexity index is 567. The number of nitrogens with zero attached hydrogens (tertiary/aromatic N) is 3. The molecule has 134 valence electrons. The highest BCUT2D eigenvalue weighted by Crippen LogP contribution is 2.37.